The third kappa shape index (κ3) is 3.08. The summed E-state index contributed by atoms with van der Waals surface area (Å²) in [7, 11) is 1.07. The summed E-state index contributed by atoms with van der Waals surface area (Å²) in [5, 5.41) is 2.19. The lowest BCUT2D eigenvalue weighted by Crippen LogP contribution is -2.16. The molecule has 2 rings (SSSR count). The van der Waals surface area contributed by atoms with Crippen LogP contribution < -0.4 is 5.32 Å². The summed E-state index contributed by atoms with van der Waals surface area (Å²) < 4.78 is 44.8. The van der Waals surface area contributed by atoms with Crippen LogP contribution in [0.1, 0.15) is 20.7 Å². The van der Waals surface area contributed by atoms with Gasteiger partial charge in [-0.3, -0.25) is 4.79 Å². The predicted octanol–water partition coefficient (Wildman–Crippen LogP) is 3.14. The van der Waals surface area contributed by atoms with Crippen LogP contribution in [0.4, 0.5) is 18.9 Å². The monoisotopic (exact) mass is 309 g/mol. The summed E-state index contributed by atoms with van der Waals surface area (Å²) in [6, 6.07) is 6.08. The molecule has 0 aromatic heterocycles. The van der Waals surface area contributed by atoms with Crippen LogP contribution in [0, 0.1) is 17.5 Å². The van der Waals surface area contributed by atoms with Crippen molar-refractivity contribution in [1.82, 2.24) is 0 Å². The van der Waals surface area contributed by atoms with E-state index in [1.807, 2.05) is 0 Å². The van der Waals surface area contributed by atoms with E-state index in [2.05, 4.69) is 10.1 Å². The fourth-order valence-electron chi connectivity index (χ4n) is 1.78. The van der Waals surface area contributed by atoms with Crippen molar-refractivity contribution in [3.63, 3.8) is 0 Å². The number of carbonyl (C=O) groups is 2. The topological polar surface area (TPSA) is 55.4 Å². The first kappa shape index (κ1) is 15.6. The maximum atomic E-state index is 13.5. The normalized spacial score (nSPS) is 10.2. The molecule has 22 heavy (non-hydrogen) atoms. The van der Waals surface area contributed by atoms with Crippen molar-refractivity contribution in [2.45, 2.75) is 0 Å². The Morgan fingerprint density at radius 1 is 1.00 bits per heavy atom. The third-order valence-electron chi connectivity index (χ3n) is 2.82. The van der Waals surface area contributed by atoms with Gasteiger partial charge in [-0.2, -0.15) is 0 Å². The Morgan fingerprint density at radius 2 is 1.64 bits per heavy atom. The summed E-state index contributed by atoms with van der Waals surface area (Å²) in [6.45, 7) is 0. The van der Waals surface area contributed by atoms with Crippen LogP contribution in [-0.2, 0) is 4.74 Å². The molecule has 0 aliphatic carbocycles. The second kappa shape index (κ2) is 6.30. The van der Waals surface area contributed by atoms with E-state index in [0.717, 1.165) is 43.5 Å². The van der Waals surface area contributed by atoms with Gasteiger partial charge in [-0.15, -0.1) is 0 Å². The van der Waals surface area contributed by atoms with Crippen molar-refractivity contribution in [1.29, 1.82) is 0 Å². The molecule has 0 unspecified atom stereocenters. The SMILES string of the molecule is COC(=O)c1cc(NC(=O)c2c(F)cccc2F)ccc1F. The van der Waals surface area contributed by atoms with Crippen molar-refractivity contribution < 1.29 is 27.5 Å². The highest BCUT2D eigenvalue weighted by molar-refractivity contribution is 6.05. The Bertz CT molecular complexity index is 727. The van der Waals surface area contributed by atoms with E-state index in [4.69, 9.17) is 0 Å². The minimum atomic E-state index is -1.06. The van der Waals surface area contributed by atoms with Crippen LogP contribution in [0.3, 0.4) is 0 Å². The number of methoxy groups -OCH3 is 1. The van der Waals surface area contributed by atoms with E-state index < -0.39 is 40.5 Å². The first-order valence-corrected chi connectivity index (χ1v) is 6.07. The fourth-order valence-corrected chi connectivity index (χ4v) is 1.78. The zero-order valence-corrected chi connectivity index (χ0v) is 11.3. The maximum Gasteiger partial charge on any atom is 0.340 e. The lowest BCUT2D eigenvalue weighted by Gasteiger charge is -2.09. The molecule has 0 bridgehead atoms. The highest BCUT2D eigenvalue weighted by Gasteiger charge is 2.18. The molecular formula is C15H10F3NO3. The zero-order chi connectivity index (χ0) is 16.3. The Kier molecular flexibility index (Phi) is 4.45. The van der Waals surface area contributed by atoms with Gasteiger partial charge in [0.2, 0.25) is 0 Å². The van der Waals surface area contributed by atoms with Gasteiger partial charge < -0.3 is 10.1 Å². The molecule has 0 saturated carbocycles. The van der Waals surface area contributed by atoms with Gasteiger partial charge in [-0.1, -0.05) is 6.07 Å². The van der Waals surface area contributed by atoms with Gasteiger partial charge in [0.25, 0.3) is 5.91 Å². The van der Waals surface area contributed by atoms with Gasteiger partial charge in [0.1, 0.15) is 23.0 Å². The smallest absolute Gasteiger partial charge is 0.340 e. The van der Waals surface area contributed by atoms with E-state index in [9.17, 15) is 22.8 Å². The van der Waals surface area contributed by atoms with Gasteiger partial charge in [0.05, 0.1) is 12.7 Å². The molecule has 0 aliphatic rings. The number of amides is 1. The summed E-state index contributed by atoms with van der Waals surface area (Å²) in [6.07, 6.45) is 0. The summed E-state index contributed by atoms with van der Waals surface area (Å²) in [5.41, 5.74) is -1.18. The van der Waals surface area contributed by atoms with Gasteiger partial charge in [0, 0.05) is 5.69 Å². The van der Waals surface area contributed by atoms with Crippen LogP contribution in [0.25, 0.3) is 0 Å². The molecule has 0 aliphatic heterocycles. The number of carbonyl (C=O) groups excluding carboxylic acids is 2. The van der Waals surface area contributed by atoms with Crippen molar-refractivity contribution in [2.75, 3.05) is 12.4 Å². The lowest BCUT2D eigenvalue weighted by molar-refractivity contribution is 0.0595. The lowest BCUT2D eigenvalue weighted by atomic mass is 10.1. The molecule has 0 fully saturated rings. The second-order valence-electron chi connectivity index (χ2n) is 4.24. The number of benzene rings is 2. The number of rotatable bonds is 3. The number of halogens is 3. The zero-order valence-electron chi connectivity index (χ0n) is 11.3. The second-order valence-corrected chi connectivity index (χ2v) is 4.24. The molecule has 4 nitrogen and oxygen atoms in total. The Hall–Kier alpha value is -2.83. The predicted molar refractivity (Wildman–Crippen MR) is 72.1 cm³/mol. The van der Waals surface area contributed by atoms with E-state index in [1.54, 1.807) is 0 Å². The first-order chi connectivity index (χ1) is 10.4. The Balaban J connectivity index is 2.31. The van der Waals surface area contributed by atoms with Crippen molar-refractivity contribution in [3.05, 3.63) is 65.0 Å². The summed E-state index contributed by atoms with van der Waals surface area (Å²) >= 11 is 0. The fraction of sp³-hybridized carbons (Fsp3) is 0.0667. The Morgan fingerprint density at radius 3 is 2.23 bits per heavy atom. The largest absolute Gasteiger partial charge is 0.465 e. The Labute approximate surface area is 123 Å². The number of hydrogen-bond donors (Lipinski definition) is 1. The number of esters is 1. The van der Waals surface area contributed by atoms with Crippen molar-refractivity contribution >= 4 is 17.6 Å². The quantitative estimate of drug-likeness (QED) is 0.886. The molecule has 0 spiro atoms. The number of hydrogen-bond acceptors (Lipinski definition) is 3. The van der Waals surface area contributed by atoms with E-state index in [-0.39, 0.29) is 5.69 Å². The van der Waals surface area contributed by atoms with Gasteiger partial charge in [0.15, 0.2) is 0 Å². The van der Waals surface area contributed by atoms with Crippen molar-refractivity contribution in [3.8, 4) is 0 Å². The summed E-state index contributed by atoms with van der Waals surface area (Å²) in [4.78, 5) is 23.2. The van der Waals surface area contributed by atoms with Gasteiger partial charge in [-0.25, -0.2) is 18.0 Å². The molecule has 0 saturated heterocycles. The molecule has 2 aromatic rings. The number of nitrogens with one attached hydrogen (secondary N) is 1. The number of ether oxygens (including phenoxy) is 1. The molecule has 2 aromatic carbocycles. The molecule has 0 radical (unpaired) electrons. The van der Waals surface area contributed by atoms with Crippen LogP contribution in [0.5, 0.6) is 0 Å². The third-order valence-corrected chi connectivity index (χ3v) is 2.82. The van der Waals surface area contributed by atoms with Crippen molar-refractivity contribution in [2.24, 2.45) is 0 Å². The van der Waals surface area contributed by atoms with Crippen LogP contribution >= 0.6 is 0 Å². The van der Waals surface area contributed by atoms with E-state index in [0.29, 0.717) is 0 Å². The maximum absolute atomic E-state index is 13.5. The molecular weight excluding hydrogens is 299 g/mol. The van der Waals surface area contributed by atoms with E-state index in [1.165, 1.54) is 0 Å². The molecule has 7 heteroatoms. The average Bonchev–Trinajstić information content (AvgIpc) is 2.48. The van der Waals surface area contributed by atoms with Crippen LogP contribution in [-0.4, -0.2) is 19.0 Å². The minimum absolute atomic E-state index is 0.00514. The molecule has 0 atom stereocenters. The summed E-state index contributed by atoms with van der Waals surface area (Å²) in [5.74, 6) is -4.91. The standard InChI is InChI=1S/C15H10F3NO3/c1-22-15(21)9-7-8(5-6-10(9)16)19-14(20)13-11(17)3-2-4-12(13)18/h2-7H,1H3,(H,19,20). The van der Waals surface area contributed by atoms with Gasteiger partial charge in [-0.05, 0) is 30.3 Å². The average molecular weight is 309 g/mol. The molecule has 1 N–H and O–H groups in total. The highest BCUT2D eigenvalue weighted by Crippen LogP contribution is 2.18. The van der Waals surface area contributed by atoms with Gasteiger partial charge >= 0.3 is 5.97 Å². The van der Waals surface area contributed by atoms with Crippen LogP contribution in [0.15, 0.2) is 36.4 Å². The molecule has 1 amide bonds. The van der Waals surface area contributed by atoms with Crippen LogP contribution in [0.2, 0.25) is 0 Å². The van der Waals surface area contributed by atoms with E-state index >= 15 is 0 Å². The first-order valence-electron chi connectivity index (χ1n) is 6.07. The minimum Gasteiger partial charge on any atom is -0.465 e. The molecule has 0 heterocycles. The number of anilines is 1. The highest BCUT2D eigenvalue weighted by atomic mass is 19.1. The molecule has 114 valence electrons.